The lowest BCUT2D eigenvalue weighted by atomic mass is 10.1. The van der Waals surface area contributed by atoms with Gasteiger partial charge in [0, 0.05) is 12.1 Å². The number of unbranched alkanes of at least 4 members (excludes halogenated alkanes) is 5. The standard InChI is InChI=1S/C16H25F2N/c1-2-3-4-5-6-7-11-19-13-14-9-8-10-15(12-14)16(17)18/h8-10,12,16,19H,2-7,11,13H2,1H3. The molecule has 0 spiro atoms. The number of alkyl halides is 2. The highest BCUT2D eigenvalue weighted by Gasteiger charge is 2.06. The zero-order valence-electron chi connectivity index (χ0n) is 11.8. The second-order valence-corrected chi connectivity index (χ2v) is 4.99. The molecule has 1 rings (SSSR count). The van der Waals surface area contributed by atoms with Gasteiger partial charge >= 0.3 is 0 Å². The second kappa shape index (κ2) is 9.90. The van der Waals surface area contributed by atoms with Crippen molar-refractivity contribution >= 4 is 0 Å². The lowest BCUT2D eigenvalue weighted by Crippen LogP contribution is -2.14. The molecule has 0 heterocycles. The maximum atomic E-state index is 12.5. The average Bonchev–Trinajstić information content (AvgIpc) is 2.42. The zero-order valence-corrected chi connectivity index (χ0v) is 11.8. The molecule has 19 heavy (non-hydrogen) atoms. The highest BCUT2D eigenvalue weighted by atomic mass is 19.3. The summed E-state index contributed by atoms with van der Waals surface area (Å²) in [6.45, 7) is 3.86. The Balaban J connectivity index is 2.10. The summed E-state index contributed by atoms with van der Waals surface area (Å²) in [5.74, 6) is 0. The quantitative estimate of drug-likeness (QED) is 0.584. The van der Waals surface area contributed by atoms with Gasteiger partial charge in [-0.2, -0.15) is 0 Å². The molecule has 0 bridgehead atoms. The molecule has 1 nitrogen and oxygen atoms in total. The number of hydrogen-bond acceptors (Lipinski definition) is 1. The van der Waals surface area contributed by atoms with Crippen molar-refractivity contribution in [2.24, 2.45) is 0 Å². The van der Waals surface area contributed by atoms with Gasteiger partial charge in [0.15, 0.2) is 0 Å². The molecule has 0 unspecified atom stereocenters. The van der Waals surface area contributed by atoms with E-state index in [1.54, 1.807) is 12.1 Å². The monoisotopic (exact) mass is 269 g/mol. The van der Waals surface area contributed by atoms with Gasteiger partial charge in [-0.05, 0) is 24.6 Å². The molecule has 1 N–H and O–H groups in total. The van der Waals surface area contributed by atoms with Crippen LogP contribution in [-0.2, 0) is 6.54 Å². The molecule has 0 aromatic heterocycles. The summed E-state index contributed by atoms with van der Waals surface area (Å²) in [6, 6.07) is 6.64. The first-order valence-electron chi connectivity index (χ1n) is 7.31. The first-order chi connectivity index (χ1) is 9.24. The van der Waals surface area contributed by atoms with Crippen molar-refractivity contribution in [1.82, 2.24) is 5.32 Å². The maximum Gasteiger partial charge on any atom is 0.263 e. The van der Waals surface area contributed by atoms with Gasteiger partial charge in [-0.25, -0.2) is 8.78 Å². The topological polar surface area (TPSA) is 12.0 Å². The fourth-order valence-corrected chi connectivity index (χ4v) is 2.10. The van der Waals surface area contributed by atoms with Crippen LogP contribution in [0, 0.1) is 0 Å². The molecule has 0 aliphatic rings. The van der Waals surface area contributed by atoms with Gasteiger partial charge in [0.05, 0.1) is 0 Å². The molecule has 0 radical (unpaired) electrons. The minimum Gasteiger partial charge on any atom is -0.313 e. The van der Waals surface area contributed by atoms with Crippen LogP contribution in [0.1, 0.15) is 63.0 Å². The molecule has 0 amide bonds. The van der Waals surface area contributed by atoms with E-state index in [0.29, 0.717) is 6.54 Å². The van der Waals surface area contributed by atoms with E-state index < -0.39 is 6.43 Å². The largest absolute Gasteiger partial charge is 0.313 e. The molecule has 3 heteroatoms. The molecule has 108 valence electrons. The van der Waals surface area contributed by atoms with Gasteiger partial charge in [0.25, 0.3) is 6.43 Å². The van der Waals surface area contributed by atoms with Crippen LogP contribution in [0.25, 0.3) is 0 Å². The molecular weight excluding hydrogens is 244 g/mol. The number of hydrogen-bond donors (Lipinski definition) is 1. The van der Waals surface area contributed by atoms with Gasteiger partial charge in [0.1, 0.15) is 0 Å². The summed E-state index contributed by atoms with van der Waals surface area (Å²) in [5, 5.41) is 3.31. The first kappa shape index (κ1) is 16.1. The van der Waals surface area contributed by atoms with E-state index in [9.17, 15) is 8.78 Å². The third-order valence-electron chi connectivity index (χ3n) is 3.24. The lowest BCUT2D eigenvalue weighted by Gasteiger charge is -2.07. The summed E-state index contributed by atoms with van der Waals surface area (Å²) >= 11 is 0. The van der Waals surface area contributed by atoms with Crippen LogP contribution in [0.4, 0.5) is 8.78 Å². The van der Waals surface area contributed by atoms with Crippen LogP contribution in [-0.4, -0.2) is 6.54 Å². The fraction of sp³-hybridized carbons (Fsp3) is 0.625. The fourth-order valence-electron chi connectivity index (χ4n) is 2.10. The van der Waals surface area contributed by atoms with E-state index in [1.165, 1.54) is 38.2 Å². The molecule has 0 saturated heterocycles. The highest BCUT2D eigenvalue weighted by molar-refractivity contribution is 5.24. The van der Waals surface area contributed by atoms with E-state index in [-0.39, 0.29) is 5.56 Å². The molecular formula is C16H25F2N. The van der Waals surface area contributed by atoms with Crippen molar-refractivity contribution in [3.63, 3.8) is 0 Å². The van der Waals surface area contributed by atoms with Gasteiger partial charge < -0.3 is 5.32 Å². The Kier molecular flexibility index (Phi) is 8.39. The lowest BCUT2D eigenvalue weighted by molar-refractivity contribution is 0.151. The first-order valence-corrected chi connectivity index (χ1v) is 7.31. The van der Waals surface area contributed by atoms with Gasteiger partial charge in [-0.15, -0.1) is 0 Å². The Hall–Kier alpha value is -0.960. The van der Waals surface area contributed by atoms with E-state index in [2.05, 4.69) is 12.2 Å². The van der Waals surface area contributed by atoms with Crippen molar-refractivity contribution in [2.75, 3.05) is 6.54 Å². The van der Waals surface area contributed by atoms with E-state index >= 15 is 0 Å². The van der Waals surface area contributed by atoms with Crippen LogP contribution in [0.5, 0.6) is 0 Å². The van der Waals surface area contributed by atoms with Crippen LogP contribution < -0.4 is 5.32 Å². The molecule has 0 atom stereocenters. The minimum absolute atomic E-state index is 0.110. The smallest absolute Gasteiger partial charge is 0.263 e. The third-order valence-corrected chi connectivity index (χ3v) is 3.24. The van der Waals surface area contributed by atoms with Crippen LogP contribution in [0.2, 0.25) is 0 Å². The molecule has 0 aliphatic carbocycles. The van der Waals surface area contributed by atoms with Crippen molar-refractivity contribution in [2.45, 2.75) is 58.4 Å². The Morgan fingerprint density at radius 3 is 2.53 bits per heavy atom. The Morgan fingerprint density at radius 2 is 1.79 bits per heavy atom. The van der Waals surface area contributed by atoms with E-state index in [4.69, 9.17) is 0 Å². The van der Waals surface area contributed by atoms with Crippen molar-refractivity contribution < 1.29 is 8.78 Å². The molecule has 0 fully saturated rings. The summed E-state index contributed by atoms with van der Waals surface area (Å²) in [7, 11) is 0. The minimum atomic E-state index is -2.38. The Morgan fingerprint density at radius 1 is 1.05 bits per heavy atom. The summed E-state index contributed by atoms with van der Waals surface area (Å²) in [4.78, 5) is 0. The average molecular weight is 269 g/mol. The van der Waals surface area contributed by atoms with Crippen molar-refractivity contribution in [1.29, 1.82) is 0 Å². The van der Waals surface area contributed by atoms with Crippen molar-refractivity contribution in [3.05, 3.63) is 35.4 Å². The number of nitrogens with one attached hydrogen (secondary N) is 1. The molecule has 0 saturated carbocycles. The zero-order chi connectivity index (χ0) is 13.9. The van der Waals surface area contributed by atoms with Crippen molar-refractivity contribution in [3.8, 4) is 0 Å². The molecule has 1 aromatic carbocycles. The second-order valence-electron chi connectivity index (χ2n) is 4.99. The Labute approximate surface area is 115 Å². The molecule has 0 aliphatic heterocycles. The summed E-state index contributed by atoms with van der Waals surface area (Å²) in [5.41, 5.74) is 1.04. The number of halogens is 2. The van der Waals surface area contributed by atoms with Crippen LogP contribution in [0.3, 0.4) is 0 Å². The maximum absolute atomic E-state index is 12.5. The molecule has 1 aromatic rings. The van der Waals surface area contributed by atoms with Gasteiger partial charge in [-0.1, -0.05) is 57.2 Å². The summed E-state index contributed by atoms with van der Waals surface area (Å²) in [6.07, 6.45) is 5.27. The normalized spacial score (nSPS) is 11.2. The number of rotatable bonds is 10. The highest BCUT2D eigenvalue weighted by Crippen LogP contribution is 2.19. The summed E-state index contributed by atoms with van der Waals surface area (Å²) < 4.78 is 25.0. The van der Waals surface area contributed by atoms with Crippen LogP contribution in [0.15, 0.2) is 24.3 Å². The third kappa shape index (κ3) is 7.26. The van der Waals surface area contributed by atoms with E-state index in [0.717, 1.165) is 18.5 Å². The number of benzene rings is 1. The Bertz CT molecular complexity index is 339. The predicted octanol–water partition coefficient (Wildman–Crippen LogP) is 5.07. The van der Waals surface area contributed by atoms with Gasteiger partial charge in [0.2, 0.25) is 0 Å². The van der Waals surface area contributed by atoms with E-state index in [1.807, 2.05) is 6.07 Å². The predicted molar refractivity (Wildman–Crippen MR) is 76.5 cm³/mol. The van der Waals surface area contributed by atoms with Crippen LogP contribution >= 0.6 is 0 Å². The SMILES string of the molecule is CCCCCCCCNCc1cccc(C(F)F)c1. The van der Waals surface area contributed by atoms with Gasteiger partial charge in [-0.3, -0.25) is 0 Å².